The Morgan fingerprint density at radius 2 is 2.05 bits per heavy atom. The van der Waals surface area contributed by atoms with Gasteiger partial charge in [0, 0.05) is 32.1 Å². The average molecular weight is 358 g/mol. The van der Waals surface area contributed by atoms with Crippen LogP contribution in [-0.2, 0) is 17.4 Å². The van der Waals surface area contributed by atoms with Gasteiger partial charge >= 0.3 is 0 Å². The molecule has 1 atom stereocenters. The van der Waals surface area contributed by atoms with Crippen LogP contribution in [0.4, 0.5) is 0 Å². The minimum absolute atomic E-state index is 0.298. The van der Waals surface area contributed by atoms with Gasteiger partial charge in [-0.15, -0.1) is 11.3 Å². The summed E-state index contributed by atoms with van der Waals surface area (Å²) in [5.74, 6) is 0. The van der Waals surface area contributed by atoms with Gasteiger partial charge in [0.1, 0.15) is 11.0 Å². The third-order valence-electron chi connectivity index (χ3n) is 2.57. The second-order valence-corrected chi connectivity index (χ2v) is 9.05. The molecule has 0 bridgehead atoms. The van der Waals surface area contributed by atoms with Gasteiger partial charge in [0.15, 0.2) is 0 Å². The van der Waals surface area contributed by atoms with Crippen LogP contribution in [0.2, 0.25) is 0 Å². The van der Waals surface area contributed by atoms with Crippen molar-refractivity contribution in [1.29, 1.82) is 0 Å². The first-order chi connectivity index (χ1) is 8.89. The van der Waals surface area contributed by atoms with Gasteiger partial charge in [-0.2, -0.15) is 4.40 Å². The van der Waals surface area contributed by atoms with Gasteiger partial charge in [-0.05, 0) is 42.8 Å². The Kier molecular flexibility index (Phi) is 4.58. The van der Waals surface area contributed by atoms with Crippen molar-refractivity contribution < 1.29 is 4.21 Å². The lowest BCUT2D eigenvalue weighted by Gasteiger charge is -2.12. The van der Waals surface area contributed by atoms with Crippen molar-refractivity contribution in [2.24, 2.45) is 4.40 Å². The Morgan fingerprint density at radius 1 is 1.37 bits per heavy atom. The molecule has 5 heteroatoms. The summed E-state index contributed by atoms with van der Waals surface area (Å²) in [7, 11) is -1.18. The van der Waals surface area contributed by atoms with Gasteiger partial charge in [-0.25, -0.2) is 4.21 Å². The van der Waals surface area contributed by atoms with Crippen LogP contribution in [0.25, 0.3) is 10.1 Å². The van der Waals surface area contributed by atoms with Crippen LogP contribution < -0.4 is 0 Å². The van der Waals surface area contributed by atoms with Crippen LogP contribution in [-0.4, -0.2) is 15.2 Å². The van der Waals surface area contributed by atoms with E-state index >= 15 is 0 Å². The number of nitrogens with zero attached hydrogens (tertiary/aromatic N) is 1. The Bertz CT molecular complexity index is 640. The molecule has 1 aromatic carbocycles. The summed E-state index contributed by atoms with van der Waals surface area (Å²) in [6.45, 7) is 5.78. The largest absolute Gasteiger partial charge is 0.234 e. The summed E-state index contributed by atoms with van der Waals surface area (Å²) in [6, 6.07) is 8.28. The van der Waals surface area contributed by atoms with E-state index in [9.17, 15) is 4.21 Å². The summed E-state index contributed by atoms with van der Waals surface area (Å²) in [5.41, 5.74) is 0. The molecule has 0 aliphatic rings. The van der Waals surface area contributed by atoms with Gasteiger partial charge in [-0.1, -0.05) is 18.2 Å². The molecule has 2 aromatic rings. The van der Waals surface area contributed by atoms with E-state index in [4.69, 9.17) is 0 Å². The molecule has 102 valence electrons. The number of benzene rings is 1. The zero-order valence-electron chi connectivity index (χ0n) is 11.1. The molecular weight excluding hydrogens is 342 g/mol. The number of hydrogen-bond acceptors (Lipinski definition) is 2. The van der Waals surface area contributed by atoms with Crippen LogP contribution in [0.3, 0.4) is 0 Å². The van der Waals surface area contributed by atoms with Gasteiger partial charge in [-0.3, -0.25) is 0 Å². The molecule has 0 spiro atoms. The Hall–Kier alpha value is -0.520. The maximum atomic E-state index is 11.8. The van der Waals surface area contributed by atoms with Crippen molar-refractivity contribution in [3.05, 3.63) is 33.6 Å². The van der Waals surface area contributed by atoms with Crippen molar-refractivity contribution >= 4 is 54.6 Å². The highest BCUT2D eigenvalue weighted by atomic mass is 79.9. The quantitative estimate of drug-likeness (QED) is 0.729. The second kappa shape index (κ2) is 5.85. The third-order valence-corrected chi connectivity index (χ3v) is 6.32. The highest BCUT2D eigenvalue weighted by Gasteiger charge is 2.18. The summed E-state index contributed by atoms with van der Waals surface area (Å²) in [5, 5.41) is 1.23. The fourth-order valence-electron chi connectivity index (χ4n) is 1.54. The van der Waals surface area contributed by atoms with Crippen LogP contribution >= 0.6 is 27.3 Å². The first kappa shape index (κ1) is 14.9. The number of fused-ring (bicyclic) bond motifs is 1. The molecule has 0 aliphatic carbocycles. The molecular formula is C14H16BrNOS2. The molecule has 1 heterocycles. The molecule has 2 nitrogen and oxygen atoms in total. The highest BCUT2D eigenvalue weighted by Crippen LogP contribution is 2.35. The lowest BCUT2D eigenvalue weighted by atomic mass is 10.2. The fraction of sp³-hybridized carbons (Fsp3) is 0.357. The minimum atomic E-state index is -1.18. The minimum Gasteiger partial charge on any atom is -0.234 e. The lowest BCUT2D eigenvalue weighted by molar-refractivity contribution is 0.651. The van der Waals surface area contributed by atoms with Gasteiger partial charge in [0.25, 0.3) is 0 Å². The smallest absolute Gasteiger partial charge is 0.144 e. The lowest BCUT2D eigenvalue weighted by Crippen LogP contribution is -2.19. The first-order valence-electron chi connectivity index (χ1n) is 6.00. The number of thiophene rings is 1. The van der Waals surface area contributed by atoms with E-state index in [0.29, 0.717) is 6.42 Å². The molecule has 1 unspecified atom stereocenters. The van der Waals surface area contributed by atoms with Crippen LogP contribution in [0.1, 0.15) is 25.6 Å². The maximum absolute atomic E-state index is 11.8. The summed E-state index contributed by atoms with van der Waals surface area (Å²) in [4.78, 5) is 1.22. The molecule has 19 heavy (non-hydrogen) atoms. The molecule has 0 saturated carbocycles. The van der Waals surface area contributed by atoms with Crippen molar-refractivity contribution in [2.75, 3.05) is 0 Å². The van der Waals surface area contributed by atoms with E-state index in [0.717, 1.165) is 4.47 Å². The van der Waals surface area contributed by atoms with Gasteiger partial charge in [0.2, 0.25) is 0 Å². The van der Waals surface area contributed by atoms with Crippen LogP contribution in [0.15, 0.2) is 33.1 Å². The van der Waals surface area contributed by atoms with Gasteiger partial charge in [0.05, 0.1) is 4.75 Å². The van der Waals surface area contributed by atoms with Crippen molar-refractivity contribution in [1.82, 2.24) is 0 Å². The molecule has 0 N–H and O–H groups in total. The molecule has 0 aliphatic heterocycles. The van der Waals surface area contributed by atoms with E-state index in [1.165, 1.54) is 15.0 Å². The van der Waals surface area contributed by atoms with E-state index in [2.05, 4.69) is 32.5 Å². The number of halogens is 1. The van der Waals surface area contributed by atoms with E-state index in [-0.39, 0.29) is 4.75 Å². The third kappa shape index (κ3) is 3.52. The SMILES string of the molecule is CC(C)(C)S(=O)N=CCc1sc2ccccc2c1Br. The molecule has 0 fully saturated rings. The predicted octanol–water partition coefficient (Wildman–Crippen LogP) is 4.74. The van der Waals surface area contributed by atoms with Gasteiger partial charge < -0.3 is 0 Å². The topological polar surface area (TPSA) is 29.4 Å². The van der Waals surface area contributed by atoms with Crippen molar-refractivity contribution in [2.45, 2.75) is 31.9 Å². The Balaban J connectivity index is 2.17. The number of rotatable bonds is 3. The second-order valence-electron chi connectivity index (χ2n) is 5.19. The standard InChI is InChI=1S/C14H16BrNOS2/c1-14(2,3)19(17)16-9-8-12-13(15)10-6-4-5-7-11(10)18-12/h4-7,9H,8H2,1-3H3. The van der Waals surface area contributed by atoms with Crippen molar-refractivity contribution in [3.8, 4) is 0 Å². The summed E-state index contributed by atoms with van der Waals surface area (Å²) >= 11 is 5.38. The molecule has 2 rings (SSSR count). The van der Waals surface area contributed by atoms with E-state index in [1.54, 1.807) is 17.6 Å². The predicted molar refractivity (Wildman–Crippen MR) is 89.6 cm³/mol. The van der Waals surface area contributed by atoms with E-state index < -0.39 is 11.0 Å². The highest BCUT2D eigenvalue weighted by molar-refractivity contribution is 9.10. The Labute approximate surface area is 128 Å². The van der Waals surface area contributed by atoms with Crippen LogP contribution in [0.5, 0.6) is 0 Å². The monoisotopic (exact) mass is 357 g/mol. The average Bonchev–Trinajstić information content (AvgIpc) is 2.66. The fourth-order valence-corrected chi connectivity index (χ4v) is 4.00. The Morgan fingerprint density at radius 3 is 2.68 bits per heavy atom. The zero-order valence-corrected chi connectivity index (χ0v) is 14.4. The normalized spacial score (nSPS) is 14.3. The first-order valence-corrected chi connectivity index (χ1v) is 8.71. The van der Waals surface area contributed by atoms with E-state index in [1.807, 2.05) is 32.9 Å². The number of hydrogen-bond donors (Lipinski definition) is 0. The van der Waals surface area contributed by atoms with Crippen molar-refractivity contribution in [3.63, 3.8) is 0 Å². The summed E-state index contributed by atoms with van der Waals surface area (Å²) < 4.78 is 18.0. The van der Waals surface area contributed by atoms with Crippen LogP contribution in [0, 0.1) is 0 Å². The molecule has 0 radical (unpaired) electrons. The maximum Gasteiger partial charge on any atom is 0.144 e. The molecule has 0 saturated heterocycles. The molecule has 1 aromatic heterocycles. The summed E-state index contributed by atoms with van der Waals surface area (Å²) in [6.07, 6.45) is 2.47. The zero-order chi connectivity index (χ0) is 14.0. The molecule has 0 amide bonds.